The van der Waals surface area contributed by atoms with Gasteiger partial charge in [0, 0.05) is 31.4 Å². The molecule has 24 heavy (non-hydrogen) atoms. The van der Waals surface area contributed by atoms with Crippen LogP contribution in [-0.2, 0) is 9.59 Å². The second kappa shape index (κ2) is 7.21. The lowest BCUT2D eigenvalue weighted by Gasteiger charge is -2.28. The standard InChI is InChI=1S/C18H25N3O3/c1-20(18(23)12-21-10-13-6-7-15(21)8-13)11-17(22)19-14-4-3-5-16(9-14)24-2/h3-5,9,13,15H,6-8,10-12H2,1-2H3,(H,19,22). The highest BCUT2D eigenvalue weighted by Crippen LogP contribution is 2.36. The van der Waals surface area contributed by atoms with E-state index in [0.29, 0.717) is 24.0 Å². The predicted molar refractivity (Wildman–Crippen MR) is 92.0 cm³/mol. The van der Waals surface area contributed by atoms with Gasteiger partial charge in [-0.2, -0.15) is 0 Å². The maximum absolute atomic E-state index is 12.3. The summed E-state index contributed by atoms with van der Waals surface area (Å²) < 4.78 is 5.13. The van der Waals surface area contributed by atoms with Crippen molar-refractivity contribution in [1.29, 1.82) is 0 Å². The first kappa shape index (κ1) is 16.8. The number of hydrogen-bond donors (Lipinski definition) is 1. The lowest BCUT2D eigenvalue weighted by Crippen LogP contribution is -2.44. The molecule has 1 saturated carbocycles. The van der Waals surface area contributed by atoms with Gasteiger partial charge in [-0.1, -0.05) is 6.07 Å². The molecule has 2 fully saturated rings. The van der Waals surface area contributed by atoms with Crippen LogP contribution in [0.15, 0.2) is 24.3 Å². The van der Waals surface area contributed by atoms with Gasteiger partial charge < -0.3 is 15.0 Å². The van der Waals surface area contributed by atoms with E-state index in [1.807, 2.05) is 12.1 Å². The summed E-state index contributed by atoms with van der Waals surface area (Å²) in [5.74, 6) is 1.25. The molecule has 1 aromatic rings. The normalized spacial score (nSPS) is 22.4. The van der Waals surface area contributed by atoms with Crippen molar-refractivity contribution in [3.05, 3.63) is 24.3 Å². The van der Waals surface area contributed by atoms with Gasteiger partial charge in [-0.3, -0.25) is 14.5 Å². The quantitative estimate of drug-likeness (QED) is 0.860. The van der Waals surface area contributed by atoms with Gasteiger partial charge in [-0.05, 0) is 37.3 Å². The third-order valence-electron chi connectivity index (χ3n) is 5.02. The van der Waals surface area contributed by atoms with Crippen LogP contribution >= 0.6 is 0 Å². The molecular weight excluding hydrogens is 306 g/mol. The number of nitrogens with one attached hydrogen (secondary N) is 1. The van der Waals surface area contributed by atoms with Crippen molar-refractivity contribution in [2.75, 3.05) is 39.1 Å². The molecule has 1 aliphatic carbocycles. The topological polar surface area (TPSA) is 61.9 Å². The predicted octanol–water partition coefficient (Wildman–Crippen LogP) is 1.58. The molecule has 6 nitrogen and oxygen atoms in total. The maximum atomic E-state index is 12.3. The Bertz CT molecular complexity index is 619. The van der Waals surface area contributed by atoms with Crippen LogP contribution in [0.1, 0.15) is 19.3 Å². The van der Waals surface area contributed by atoms with Gasteiger partial charge in [0.1, 0.15) is 5.75 Å². The number of nitrogens with zero attached hydrogens (tertiary/aromatic N) is 2. The summed E-state index contributed by atoms with van der Waals surface area (Å²) in [5.41, 5.74) is 0.664. The Balaban J connectivity index is 1.47. The summed E-state index contributed by atoms with van der Waals surface area (Å²) in [6, 6.07) is 7.74. The Morgan fingerprint density at radius 1 is 1.38 bits per heavy atom. The average Bonchev–Trinajstić information content (AvgIpc) is 3.17. The summed E-state index contributed by atoms with van der Waals surface area (Å²) in [4.78, 5) is 28.3. The fourth-order valence-electron chi connectivity index (χ4n) is 3.72. The third-order valence-corrected chi connectivity index (χ3v) is 5.02. The van der Waals surface area contributed by atoms with Gasteiger partial charge in [-0.25, -0.2) is 0 Å². The Hall–Kier alpha value is -2.08. The molecule has 1 aliphatic heterocycles. The zero-order chi connectivity index (χ0) is 17.1. The lowest BCUT2D eigenvalue weighted by molar-refractivity contribution is -0.134. The van der Waals surface area contributed by atoms with E-state index in [-0.39, 0.29) is 18.4 Å². The van der Waals surface area contributed by atoms with Gasteiger partial charge in [0.25, 0.3) is 0 Å². The number of ether oxygens (including phenoxy) is 1. The van der Waals surface area contributed by atoms with Gasteiger partial charge in [-0.15, -0.1) is 0 Å². The minimum Gasteiger partial charge on any atom is -0.497 e. The number of carbonyl (C=O) groups is 2. The number of benzene rings is 1. The SMILES string of the molecule is COc1cccc(NC(=O)CN(C)C(=O)CN2CC3CCC2C3)c1. The molecule has 0 radical (unpaired) electrons. The maximum Gasteiger partial charge on any atom is 0.243 e. The van der Waals surface area contributed by atoms with Crippen molar-refractivity contribution in [3.8, 4) is 5.75 Å². The smallest absolute Gasteiger partial charge is 0.243 e. The second-order valence-corrected chi connectivity index (χ2v) is 6.79. The molecule has 2 bridgehead atoms. The van der Waals surface area contributed by atoms with Crippen molar-refractivity contribution < 1.29 is 14.3 Å². The van der Waals surface area contributed by atoms with E-state index >= 15 is 0 Å². The molecule has 2 unspecified atom stereocenters. The molecule has 1 heterocycles. The van der Waals surface area contributed by atoms with Crippen LogP contribution in [0.4, 0.5) is 5.69 Å². The van der Waals surface area contributed by atoms with Crippen molar-refractivity contribution >= 4 is 17.5 Å². The molecule has 3 rings (SSSR count). The Labute approximate surface area is 142 Å². The first-order valence-corrected chi connectivity index (χ1v) is 8.47. The molecule has 1 aromatic carbocycles. The molecule has 6 heteroatoms. The Morgan fingerprint density at radius 3 is 2.88 bits per heavy atom. The molecule has 1 saturated heterocycles. The number of hydrogen-bond acceptors (Lipinski definition) is 4. The van der Waals surface area contributed by atoms with Crippen molar-refractivity contribution in [3.63, 3.8) is 0 Å². The summed E-state index contributed by atoms with van der Waals surface area (Å²) in [5, 5.41) is 2.80. The van der Waals surface area contributed by atoms with Crippen LogP contribution in [0.2, 0.25) is 0 Å². The van der Waals surface area contributed by atoms with E-state index in [4.69, 9.17) is 4.74 Å². The summed E-state index contributed by atoms with van der Waals surface area (Å²) in [6.07, 6.45) is 3.74. The van der Waals surface area contributed by atoms with Gasteiger partial charge >= 0.3 is 0 Å². The van der Waals surface area contributed by atoms with Crippen molar-refractivity contribution in [2.24, 2.45) is 5.92 Å². The minimum atomic E-state index is -0.206. The largest absolute Gasteiger partial charge is 0.497 e. The highest BCUT2D eigenvalue weighted by Gasteiger charge is 2.38. The van der Waals surface area contributed by atoms with E-state index in [1.54, 1.807) is 26.3 Å². The molecule has 2 amide bonds. The fourth-order valence-corrected chi connectivity index (χ4v) is 3.72. The number of methoxy groups -OCH3 is 1. The van der Waals surface area contributed by atoms with Crippen LogP contribution in [0.5, 0.6) is 5.75 Å². The highest BCUT2D eigenvalue weighted by molar-refractivity contribution is 5.94. The van der Waals surface area contributed by atoms with Crippen LogP contribution in [0.3, 0.4) is 0 Å². The van der Waals surface area contributed by atoms with Crippen LogP contribution in [0, 0.1) is 5.92 Å². The summed E-state index contributed by atoms with van der Waals surface area (Å²) in [6.45, 7) is 1.50. The van der Waals surface area contributed by atoms with E-state index < -0.39 is 0 Å². The number of anilines is 1. The van der Waals surface area contributed by atoms with E-state index in [2.05, 4.69) is 10.2 Å². The summed E-state index contributed by atoms with van der Waals surface area (Å²) >= 11 is 0. The Kier molecular flexibility index (Phi) is 5.04. The van der Waals surface area contributed by atoms with Crippen LogP contribution in [-0.4, -0.2) is 61.4 Å². The van der Waals surface area contributed by atoms with Crippen LogP contribution in [0.25, 0.3) is 0 Å². The number of piperidine rings is 1. The second-order valence-electron chi connectivity index (χ2n) is 6.79. The minimum absolute atomic E-state index is 0.00309. The number of fused-ring (bicyclic) bond motifs is 2. The zero-order valence-corrected chi connectivity index (χ0v) is 14.3. The highest BCUT2D eigenvalue weighted by atomic mass is 16.5. The fraction of sp³-hybridized carbons (Fsp3) is 0.556. The molecule has 2 aliphatic rings. The van der Waals surface area contributed by atoms with E-state index in [9.17, 15) is 9.59 Å². The zero-order valence-electron chi connectivity index (χ0n) is 14.3. The van der Waals surface area contributed by atoms with Crippen molar-refractivity contribution in [2.45, 2.75) is 25.3 Å². The molecular formula is C18H25N3O3. The molecule has 2 atom stereocenters. The first-order valence-electron chi connectivity index (χ1n) is 8.47. The summed E-state index contributed by atoms with van der Waals surface area (Å²) in [7, 11) is 3.26. The van der Waals surface area contributed by atoms with Gasteiger partial charge in [0.2, 0.25) is 11.8 Å². The third kappa shape index (κ3) is 3.87. The number of rotatable bonds is 6. The molecule has 0 aromatic heterocycles. The average molecular weight is 331 g/mol. The first-order chi connectivity index (χ1) is 11.5. The van der Waals surface area contributed by atoms with Crippen LogP contribution < -0.4 is 10.1 Å². The van der Waals surface area contributed by atoms with Crippen molar-refractivity contribution in [1.82, 2.24) is 9.80 Å². The Morgan fingerprint density at radius 2 is 2.21 bits per heavy atom. The van der Waals surface area contributed by atoms with Gasteiger partial charge in [0.05, 0.1) is 20.2 Å². The number of likely N-dealkylation sites (N-methyl/N-ethyl adjacent to an activating group) is 1. The number of carbonyl (C=O) groups excluding carboxylic acids is 2. The van der Waals surface area contributed by atoms with E-state index in [1.165, 1.54) is 24.2 Å². The number of likely N-dealkylation sites (tertiary alicyclic amines) is 1. The van der Waals surface area contributed by atoms with E-state index in [0.717, 1.165) is 12.5 Å². The molecule has 130 valence electrons. The molecule has 1 N–H and O–H groups in total. The van der Waals surface area contributed by atoms with Gasteiger partial charge in [0.15, 0.2) is 0 Å². The monoisotopic (exact) mass is 331 g/mol. The lowest BCUT2D eigenvalue weighted by atomic mass is 10.1. The molecule has 0 spiro atoms. The number of amides is 2.